The molecular formula is C16H24O4. The van der Waals surface area contributed by atoms with Crippen molar-refractivity contribution in [1.29, 1.82) is 0 Å². The molecule has 0 saturated carbocycles. The lowest BCUT2D eigenvalue weighted by atomic mass is 10.0. The van der Waals surface area contributed by atoms with Gasteiger partial charge in [-0.25, -0.2) is 9.59 Å². The Morgan fingerprint density at radius 2 is 1.35 bits per heavy atom. The highest BCUT2D eigenvalue weighted by Gasteiger charge is 2.18. The van der Waals surface area contributed by atoms with Gasteiger partial charge in [-0.3, -0.25) is 0 Å². The van der Waals surface area contributed by atoms with Gasteiger partial charge in [-0.05, 0) is 53.4 Å². The summed E-state index contributed by atoms with van der Waals surface area (Å²) in [5, 5.41) is 17.7. The number of aliphatic carboxylic acids is 2. The van der Waals surface area contributed by atoms with Crippen LogP contribution >= 0.6 is 0 Å². The number of carboxylic acid groups (broad SMARTS) is 2. The molecule has 0 spiro atoms. The third-order valence-electron chi connectivity index (χ3n) is 2.96. The van der Waals surface area contributed by atoms with E-state index in [0.29, 0.717) is 18.4 Å². The lowest BCUT2D eigenvalue weighted by molar-refractivity contribution is -0.140. The van der Waals surface area contributed by atoms with E-state index in [4.69, 9.17) is 10.2 Å². The molecule has 0 aromatic heterocycles. The molecule has 0 amide bonds. The molecule has 0 atom stereocenters. The summed E-state index contributed by atoms with van der Waals surface area (Å²) in [7, 11) is 0. The summed E-state index contributed by atoms with van der Waals surface area (Å²) in [4.78, 5) is 21.6. The van der Waals surface area contributed by atoms with E-state index in [0.717, 1.165) is 12.8 Å². The number of hydrogen-bond donors (Lipinski definition) is 2. The van der Waals surface area contributed by atoms with E-state index < -0.39 is 17.5 Å². The summed E-state index contributed by atoms with van der Waals surface area (Å²) in [5.74, 6) is -2.75. The Kier molecular flexibility index (Phi) is 8.29. The van der Waals surface area contributed by atoms with Crippen molar-refractivity contribution < 1.29 is 19.8 Å². The molecule has 0 rings (SSSR count). The van der Waals surface area contributed by atoms with Gasteiger partial charge in [-0.1, -0.05) is 28.9 Å². The van der Waals surface area contributed by atoms with Crippen LogP contribution in [0.15, 0.2) is 34.4 Å². The van der Waals surface area contributed by atoms with Gasteiger partial charge in [0.05, 0.1) is 0 Å². The second kappa shape index (κ2) is 9.13. The van der Waals surface area contributed by atoms with E-state index in [2.05, 4.69) is 19.9 Å². The van der Waals surface area contributed by atoms with E-state index in [9.17, 15) is 9.59 Å². The van der Waals surface area contributed by atoms with Gasteiger partial charge in [0.15, 0.2) is 0 Å². The highest BCUT2D eigenvalue weighted by Crippen LogP contribution is 2.14. The van der Waals surface area contributed by atoms with E-state index in [-0.39, 0.29) is 0 Å². The zero-order valence-corrected chi connectivity index (χ0v) is 12.7. The van der Waals surface area contributed by atoms with E-state index in [1.807, 2.05) is 13.0 Å². The Morgan fingerprint density at radius 3 is 1.80 bits per heavy atom. The SMILES string of the molecule is CC(C)=CCC/C(C)=C/CCC(C)=C(C(=O)O)C(=O)O. The Bertz CT molecular complexity index is 433. The van der Waals surface area contributed by atoms with Crippen molar-refractivity contribution in [3.63, 3.8) is 0 Å². The van der Waals surface area contributed by atoms with Crippen LogP contribution < -0.4 is 0 Å². The fraction of sp³-hybridized carbons (Fsp3) is 0.500. The van der Waals surface area contributed by atoms with Crippen LogP contribution in [0.25, 0.3) is 0 Å². The van der Waals surface area contributed by atoms with Gasteiger partial charge in [-0.2, -0.15) is 0 Å². The predicted octanol–water partition coefficient (Wildman–Crippen LogP) is 3.95. The first kappa shape index (κ1) is 18.2. The van der Waals surface area contributed by atoms with Crippen molar-refractivity contribution in [2.45, 2.75) is 53.4 Å². The van der Waals surface area contributed by atoms with E-state index in [1.165, 1.54) is 11.1 Å². The minimum Gasteiger partial charge on any atom is -0.477 e. The van der Waals surface area contributed by atoms with Gasteiger partial charge in [0.25, 0.3) is 0 Å². The molecule has 0 saturated heterocycles. The highest BCUT2D eigenvalue weighted by atomic mass is 16.4. The molecule has 0 unspecified atom stereocenters. The van der Waals surface area contributed by atoms with Crippen LogP contribution in [-0.2, 0) is 9.59 Å². The second-order valence-corrected chi connectivity index (χ2v) is 5.17. The molecular weight excluding hydrogens is 256 g/mol. The molecule has 0 aliphatic heterocycles. The standard InChI is InChI=1S/C16H24O4/c1-11(2)7-5-8-12(3)9-6-10-13(4)14(15(17)18)16(19)20/h7,9H,5-6,8,10H2,1-4H3,(H,17,18)(H,19,20)/b12-9+. The quantitative estimate of drug-likeness (QED) is 0.305. The monoisotopic (exact) mass is 280 g/mol. The minimum atomic E-state index is -1.38. The van der Waals surface area contributed by atoms with Gasteiger partial charge in [0, 0.05) is 0 Å². The van der Waals surface area contributed by atoms with Crippen LogP contribution in [0.2, 0.25) is 0 Å². The summed E-state index contributed by atoms with van der Waals surface area (Å²) in [6.45, 7) is 7.72. The van der Waals surface area contributed by atoms with Crippen molar-refractivity contribution in [1.82, 2.24) is 0 Å². The van der Waals surface area contributed by atoms with Crippen LogP contribution in [0.4, 0.5) is 0 Å². The van der Waals surface area contributed by atoms with Crippen molar-refractivity contribution >= 4 is 11.9 Å². The molecule has 112 valence electrons. The van der Waals surface area contributed by atoms with Crippen LogP contribution in [-0.4, -0.2) is 22.2 Å². The predicted molar refractivity (Wildman–Crippen MR) is 79.6 cm³/mol. The largest absolute Gasteiger partial charge is 0.477 e. The Hall–Kier alpha value is -1.84. The molecule has 0 aromatic rings. The maximum Gasteiger partial charge on any atom is 0.343 e. The van der Waals surface area contributed by atoms with E-state index in [1.54, 1.807) is 6.92 Å². The normalized spacial score (nSPS) is 10.9. The average molecular weight is 280 g/mol. The lowest BCUT2D eigenvalue weighted by Crippen LogP contribution is -2.13. The first-order valence-corrected chi connectivity index (χ1v) is 6.71. The van der Waals surface area contributed by atoms with Crippen LogP contribution in [0.3, 0.4) is 0 Å². The second-order valence-electron chi connectivity index (χ2n) is 5.17. The van der Waals surface area contributed by atoms with Crippen molar-refractivity contribution in [2.24, 2.45) is 0 Å². The molecule has 20 heavy (non-hydrogen) atoms. The molecule has 0 aliphatic rings. The van der Waals surface area contributed by atoms with Crippen LogP contribution in [0.1, 0.15) is 53.4 Å². The zero-order chi connectivity index (χ0) is 15.7. The maximum absolute atomic E-state index is 10.8. The number of carbonyl (C=O) groups is 2. The molecule has 0 aliphatic carbocycles. The summed E-state index contributed by atoms with van der Waals surface area (Å²) in [6, 6.07) is 0. The summed E-state index contributed by atoms with van der Waals surface area (Å²) in [5.41, 5.74) is 2.42. The number of allylic oxidation sites excluding steroid dienone is 5. The molecule has 4 heteroatoms. The van der Waals surface area contributed by atoms with Gasteiger partial charge in [0.2, 0.25) is 0 Å². The Balaban J connectivity index is 4.47. The lowest BCUT2D eigenvalue weighted by Gasteiger charge is -2.04. The third-order valence-corrected chi connectivity index (χ3v) is 2.96. The minimum absolute atomic E-state index is 0.401. The molecule has 0 radical (unpaired) electrons. The van der Waals surface area contributed by atoms with Gasteiger partial charge >= 0.3 is 11.9 Å². The summed E-state index contributed by atoms with van der Waals surface area (Å²) in [6.07, 6.45) is 7.30. The zero-order valence-electron chi connectivity index (χ0n) is 12.7. The molecule has 0 bridgehead atoms. The Labute approximate surface area is 120 Å². The van der Waals surface area contributed by atoms with Crippen molar-refractivity contribution in [3.8, 4) is 0 Å². The summed E-state index contributed by atoms with van der Waals surface area (Å²) >= 11 is 0. The first-order valence-electron chi connectivity index (χ1n) is 6.71. The highest BCUT2D eigenvalue weighted by molar-refractivity contribution is 6.13. The average Bonchev–Trinajstić information content (AvgIpc) is 2.27. The maximum atomic E-state index is 10.8. The smallest absolute Gasteiger partial charge is 0.343 e. The first-order chi connectivity index (χ1) is 9.25. The molecule has 0 aromatic carbocycles. The van der Waals surface area contributed by atoms with E-state index >= 15 is 0 Å². The molecule has 0 fully saturated rings. The fourth-order valence-electron chi connectivity index (χ4n) is 1.81. The topological polar surface area (TPSA) is 74.6 Å². The van der Waals surface area contributed by atoms with Gasteiger partial charge in [0.1, 0.15) is 5.57 Å². The Morgan fingerprint density at radius 1 is 0.850 bits per heavy atom. The van der Waals surface area contributed by atoms with Gasteiger partial charge < -0.3 is 10.2 Å². The number of carboxylic acids is 2. The number of hydrogen-bond acceptors (Lipinski definition) is 2. The van der Waals surface area contributed by atoms with Crippen LogP contribution in [0.5, 0.6) is 0 Å². The van der Waals surface area contributed by atoms with Crippen molar-refractivity contribution in [3.05, 3.63) is 34.4 Å². The third kappa shape index (κ3) is 7.56. The molecule has 4 nitrogen and oxygen atoms in total. The number of rotatable bonds is 8. The molecule has 0 heterocycles. The van der Waals surface area contributed by atoms with Crippen molar-refractivity contribution in [2.75, 3.05) is 0 Å². The van der Waals surface area contributed by atoms with Crippen LogP contribution in [0, 0.1) is 0 Å². The molecule has 2 N–H and O–H groups in total. The van der Waals surface area contributed by atoms with Gasteiger partial charge in [-0.15, -0.1) is 0 Å². The fourth-order valence-corrected chi connectivity index (χ4v) is 1.81. The summed E-state index contributed by atoms with van der Waals surface area (Å²) < 4.78 is 0.